The quantitative estimate of drug-likeness (QED) is 0.720. The van der Waals surface area contributed by atoms with E-state index in [1.54, 1.807) is 13.8 Å². The van der Waals surface area contributed by atoms with Crippen molar-refractivity contribution < 1.29 is 31.4 Å². The summed E-state index contributed by atoms with van der Waals surface area (Å²) in [5.74, 6) is 0.617. The maximum absolute atomic E-state index is 12.6. The van der Waals surface area contributed by atoms with Crippen molar-refractivity contribution in [3.63, 3.8) is 0 Å². The Hall–Kier alpha value is -2.10. The molecule has 0 radical (unpaired) electrons. The van der Waals surface area contributed by atoms with Crippen LogP contribution in [0.4, 0.5) is 13.2 Å². The minimum absolute atomic E-state index is 0.0190. The van der Waals surface area contributed by atoms with Crippen LogP contribution in [0.3, 0.4) is 0 Å². The maximum atomic E-state index is 12.6. The predicted octanol–water partition coefficient (Wildman–Crippen LogP) is 3.73. The van der Waals surface area contributed by atoms with Crippen LogP contribution >= 0.6 is 0 Å². The van der Waals surface area contributed by atoms with Crippen LogP contribution in [0.15, 0.2) is 41.3 Å². The molecule has 0 aromatic heterocycles. The minimum Gasteiger partial charge on any atom is -0.493 e. The number of rotatable bonds is 7. The van der Waals surface area contributed by atoms with Gasteiger partial charge in [0.25, 0.3) is 0 Å². The molecule has 0 spiro atoms. The molecule has 0 aliphatic carbocycles. The van der Waals surface area contributed by atoms with Gasteiger partial charge in [0.2, 0.25) is 10.0 Å². The van der Waals surface area contributed by atoms with Gasteiger partial charge in [-0.05, 0) is 61.7 Å². The highest BCUT2D eigenvalue weighted by atomic mass is 32.2. The molecule has 0 aliphatic rings. The normalized spacial score (nSPS) is 13.4. The van der Waals surface area contributed by atoms with Gasteiger partial charge in [-0.25, -0.2) is 13.1 Å². The summed E-state index contributed by atoms with van der Waals surface area (Å²) in [4.78, 5) is 0.0190. The van der Waals surface area contributed by atoms with Gasteiger partial charge in [0, 0.05) is 6.54 Å². The third-order valence-electron chi connectivity index (χ3n) is 4.12. The highest BCUT2D eigenvalue weighted by Gasteiger charge is 2.30. The van der Waals surface area contributed by atoms with E-state index in [2.05, 4.69) is 4.72 Å². The van der Waals surface area contributed by atoms with Crippen LogP contribution in [0.25, 0.3) is 0 Å². The fraction of sp³-hybridized carbons (Fsp3) is 0.368. The molecule has 0 saturated heterocycles. The van der Waals surface area contributed by atoms with Gasteiger partial charge in [-0.15, -0.1) is 0 Å². The Labute approximate surface area is 162 Å². The first kappa shape index (κ1) is 22.2. The number of hydrogen-bond donors (Lipinski definition) is 2. The molecule has 0 aliphatic heterocycles. The van der Waals surface area contributed by atoms with Gasteiger partial charge in [0.1, 0.15) is 5.75 Å². The number of nitrogens with one attached hydrogen (secondary N) is 1. The second-order valence-electron chi connectivity index (χ2n) is 6.31. The van der Waals surface area contributed by atoms with Crippen molar-refractivity contribution in [3.8, 4) is 5.75 Å². The van der Waals surface area contributed by atoms with Crippen molar-refractivity contribution in [3.05, 3.63) is 58.7 Å². The molecule has 0 saturated carbocycles. The van der Waals surface area contributed by atoms with Crippen LogP contribution < -0.4 is 9.46 Å². The second-order valence-corrected chi connectivity index (χ2v) is 8.07. The van der Waals surface area contributed by atoms with Crippen molar-refractivity contribution >= 4 is 10.0 Å². The summed E-state index contributed by atoms with van der Waals surface area (Å²) >= 11 is 0. The van der Waals surface area contributed by atoms with Gasteiger partial charge in [-0.3, -0.25) is 0 Å². The van der Waals surface area contributed by atoms with E-state index in [1.165, 1.54) is 12.1 Å². The number of halogens is 3. The Morgan fingerprint density at radius 1 is 1.11 bits per heavy atom. The Balaban J connectivity index is 2.12. The topological polar surface area (TPSA) is 75.6 Å². The third-order valence-corrected chi connectivity index (χ3v) is 5.53. The minimum atomic E-state index is -4.48. The molecule has 2 rings (SSSR count). The highest BCUT2D eigenvalue weighted by molar-refractivity contribution is 7.89. The lowest BCUT2D eigenvalue weighted by molar-refractivity contribution is -0.137. The number of alkyl halides is 3. The van der Waals surface area contributed by atoms with Crippen molar-refractivity contribution in [2.45, 2.75) is 37.9 Å². The molecule has 0 fully saturated rings. The van der Waals surface area contributed by atoms with Crippen molar-refractivity contribution in [1.82, 2.24) is 4.72 Å². The van der Waals surface area contributed by atoms with Gasteiger partial charge in [0.05, 0.1) is 23.2 Å². The molecule has 5 nitrogen and oxygen atoms in total. The molecule has 0 bridgehead atoms. The molecular weight excluding hydrogens is 395 g/mol. The van der Waals surface area contributed by atoms with Gasteiger partial charge in [0.15, 0.2) is 0 Å². The van der Waals surface area contributed by atoms with Crippen molar-refractivity contribution in [2.24, 2.45) is 0 Å². The first-order valence-electron chi connectivity index (χ1n) is 8.54. The van der Waals surface area contributed by atoms with Crippen molar-refractivity contribution in [1.29, 1.82) is 0 Å². The Morgan fingerprint density at radius 2 is 1.64 bits per heavy atom. The second kappa shape index (κ2) is 8.50. The first-order valence-corrected chi connectivity index (χ1v) is 10.0. The summed E-state index contributed by atoms with van der Waals surface area (Å²) < 4.78 is 70.6. The van der Waals surface area contributed by atoms with Crippen LogP contribution in [-0.2, 0) is 16.2 Å². The van der Waals surface area contributed by atoms with E-state index >= 15 is 0 Å². The lowest BCUT2D eigenvalue weighted by Gasteiger charge is -2.16. The van der Waals surface area contributed by atoms with E-state index in [-0.39, 0.29) is 17.0 Å². The zero-order valence-electron chi connectivity index (χ0n) is 15.7. The van der Waals surface area contributed by atoms with Crippen LogP contribution in [0.1, 0.15) is 35.3 Å². The monoisotopic (exact) mass is 417 g/mol. The average Bonchev–Trinajstić information content (AvgIpc) is 2.62. The lowest BCUT2D eigenvalue weighted by Crippen LogP contribution is -2.28. The fourth-order valence-electron chi connectivity index (χ4n) is 2.72. The zero-order valence-corrected chi connectivity index (χ0v) is 16.5. The van der Waals surface area contributed by atoms with Crippen molar-refractivity contribution in [2.75, 3.05) is 13.2 Å². The largest absolute Gasteiger partial charge is 0.493 e. The first-order chi connectivity index (χ1) is 13.0. The summed E-state index contributed by atoms with van der Waals surface area (Å²) in [7, 11) is -3.92. The molecular formula is C19H22F3NO4S. The Kier molecular flexibility index (Phi) is 6.74. The van der Waals surface area contributed by atoms with E-state index < -0.39 is 27.9 Å². The smallest absolute Gasteiger partial charge is 0.416 e. The van der Waals surface area contributed by atoms with Gasteiger partial charge >= 0.3 is 6.18 Å². The molecule has 2 aromatic carbocycles. The number of benzene rings is 2. The number of aliphatic hydroxyl groups excluding tert-OH is 1. The average molecular weight is 417 g/mol. The maximum Gasteiger partial charge on any atom is 0.416 e. The van der Waals surface area contributed by atoms with Crippen LogP contribution in [0, 0.1) is 13.8 Å². The van der Waals surface area contributed by atoms with Crippen LogP contribution in [0.2, 0.25) is 0 Å². The molecule has 28 heavy (non-hydrogen) atoms. The fourth-order valence-corrected chi connectivity index (χ4v) is 3.93. The summed E-state index contributed by atoms with van der Waals surface area (Å²) in [6, 6.07) is 6.84. The molecule has 2 N–H and O–H groups in total. The summed E-state index contributed by atoms with van der Waals surface area (Å²) in [6.45, 7) is 5.36. The SMILES string of the molecule is CCOc1c(C)cc(S(=O)(=O)NCC(O)c2ccc(C(F)(F)F)cc2)cc1C. The van der Waals surface area contributed by atoms with Crippen LogP contribution in [0.5, 0.6) is 5.75 Å². The van der Waals surface area contributed by atoms with E-state index in [0.717, 1.165) is 24.3 Å². The molecule has 9 heteroatoms. The van der Waals surface area contributed by atoms with Gasteiger partial charge in [-0.1, -0.05) is 12.1 Å². The molecule has 1 atom stereocenters. The third kappa shape index (κ3) is 5.24. The van der Waals surface area contributed by atoms with Gasteiger partial charge < -0.3 is 9.84 Å². The number of ether oxygens (including phenoxy) is 1. The van der Waals surface area contributed by atoms with E-state index in [0.29, 0.717) is 23.5 Å². The number of aryl methyl sites for hydroxylation is 2. The number of aliphatic hydroxyl groups is 1. The van der Waals surface area contributed by atoms with E-state index in [4.69, 9.17) is 4.74 Å². The summed E-state index contributed by atoms with van der Waals surface area (Å²) in [6.07, 6.45) is -5.77. The Morgan fingerprint density at radius 3 is 2.11 bits per heavy atom. The summed E-state index contributed by atoms with van der Waals surface area (Å²) in [5.41, 5.74) is 0.648. The van der Waals surface area contributed by atoms with Gasteiger partial charge in [-0.2, -0.15) is 13.2 Å². The highest BCUT2D eigenvalue weighted by Crippen LogP contribution is 2.30. The van der Waals surface area contributed by atoms with E-state index in [9.17, 15) is 26.7 Å². The number of sulfonamides is 1. The molecule has 154 valence electrons. The Bertz CT molecular complexity index is 902. The molecule has 0 amide bonds. The lowest BCUT2D eigenvalue weighted by atomic mass is 10.1. The zero-order chi connectivity index (χ0) is 21.1. The standard InChI is InChI=1S/C19H22F3NO4S/c1-4-27-18-12(2)9-16(10-13(18)3)28(25,26)23-11-17(24)14-5-7-15(8-6-14)19(20,21)22/h5-10,17,23-24H,4,11H2,1-3H3. The number of hydrogen-bond acceptors (Lipinski definition) is 4. The predicted molar refractivity (Wildman–Crippen MR) is 98.7 cm³/mol. The molecule has 1 unspecified atom stereocenters. The summed E-state index contributed by atoms with van der Waals surface area (Å²) in [5, 5.41) is 10.1. The molecule has 0 heterocycles. The van der Waals surface area contributed by atoms with E-state index in [1.807, 2.05) is 6.92 Å². The molecule has 2 aromatic rings. The van der Waals surface area contributed by atoms with Crippen LogP contribution in [-0.4, -0.2) is 26.7 Å².